The molecule has 0 fully saturated rings. The van der Waals surface area contributed by atoms with Gasteiger partial charge in [-0.1, -0.05) is 5.16 Å². The summed E-state index contributed by atoms with van der Waals surface area (Å²) in [5.74, 6) is 1.48. The number of aromatic amines is 1. The Hall–Kier alpha value is -3.24. The number of nitrogens with one attached hydrogen (secondary N) is 3. The van der Waals surface area contributed by atoms with E-state index in [1.165, 1.54) is 13.3 Å². The van der Waals surface area contributed by atoms with Crippen molar-refractivity contribution >= 4 is 28.9 Å². The van der Waals surface area contributed by atoms with E-state index in [0.29, 0.717) is 35.1 Å². The lowest BCUT2D eigenvalue weighted by Gasteiger charge is -2.07. The summed E-state index contributed by atoms with van der Waals surface area (Å²) in [4.78, 5) is 23.7. The van der Waals surface area contributed by atoms with E-state index in [2.05, 4.69) is 45.7 Å². The number of aromatic nitrogens is 6. The van der Waals surface area contributed by atoms with E-state index >= 15 is 0 Å². The van der Waals surface area contributed by atoms with Crippen LogP contribution in [0.15, 0.2) is 10.7 Å². The summed E-state index contributed by atoms with van der Waals surface area (Å²) in [6, 6.07) is 0. The molecule has 3 aromatic heterocycles. The number of amides is 1. The first-order valence-electron chi connectivity index (χ1n) is 6.25. The van der Waals surface area contributed by atoms with Gasteiger partial charge in [0.2, 0.25) is 11.8 Å². The summed E-state index contributed by atoms with van der Waals surface area (Å²) >= 11 is 0. The molecule has 3 heterocycles. The van der Waals surface area contributed by atoms with E-state index in [1.807, 2.05) is 0 Å². The van der Waals surface area contributed by atoms with Crippen molar-refractivity contribution in [3.05, 3.63) is 17.9 Å². The molecule has 0 saturated heterocycles. The van der Waals surface area contributed by atoms with Crippen molar-refractivity contribution in [2.75, 3.05) is 17.7 Å². The second-order valence-electron chi connectivity index (χ2n) is 4.23. The number of hydrogen-bond donors (Lipinski definition) is 3. The molecular formula is C11H12N8O3. The number of aryl methyl sites for hydroxylation is 1. The van der Waals surface area contributed by atoms with Crippen molar-refractivity contribution in [3.8, 4) is 0 Å². The summed E-state index contributed by atoms with van der Waals surface area (Å²) in [6.45, 7) is 1.99. The zero-order valence-electron chi connectivity index (χ0n) is 11.7. The molecule has 0 aliphatic carbocycles. The highest BCUT2D eigenvalue weighted by molar-refractivity contribution is 5.88. The summed E-state index contributed by atoms with van der Waals surface area (Å²) in [7, 11) is 1.25. The molecule has 1 amide bonds. The van der Waals surface area contributed by atoms with Gasteiger partial charge in [-0.15, -0.1) is 0 Å². The number of methoxy groups -OCH3 is 1. The average Bonchev–Trinajstić information content (AvgIpc) is 3.13. The van der Waals surface area contributed by atoms with Crippen LogP contribution in [-0.2, 0) is 11.3 Å². The van der Waals surface area contributed by atoms with Gasteiger partial charge in [-0.3, -0.25) is 10.4 Å². The molecular weight excluding hydrogens is 292 g/mol. The van der Waals surface area contributed by atoms with Crippen molar-refractivity contribution in [2.45, 2.75) is 13.5 Å². The molecule has 114 valence electrons. The summed E-state index contributed by atoms with van der Waals surface area (Å²) in [6.07, 6.45) is 0.853. The molecule has 3 rings (SSSR count). The molecule has 0 radical (unpaired) electrons. The fourth-order valence-corrected chi connectivity index (χ4v) is 1.74. The minimum Gasteiger partial charge on any atom is -0.453 e. The van der Waals surface area contributed by atoms with Crippen LogP contribution in [0.3, 0.4) is 0 Å². The van der Waals surface area contributed by atoms with Gasteiger partial charge in [0.25, 0.3) is 0 Å². The lowest BCUT2D eigenvalue weighted by atomic mass is 10.4. The number of anilines is 2. The Morgan fingerprint density at radius 2 is 2.27 bits per heavy atom. The van der Waals surface area contributed by atoms with Crippen LogP contribution in [0.2, 0.25) is 0 Å². The van der Waals surface area contributed by atoms with Crippen LogP contribution in [0, 0.1) is 6.92 Å². The van der Waals surface area contributed by atoms with Crippen LogP contribution in [-0.4, -0.2) is 43.5 Å². The predicted octanol–water partition coefficient (Wildman–Crippen LogP) is 0.835. The Kier molecular flexibility index (Phi) is 3.52. The fourth-order valence-electron chi connectivity index (χ4n) is 1.74. The number of nitrogens with zero attached hydrogens (tertiary/aromatic N) is 5. The second kappa shape index (κ2) is 5.63. The average molecular weight is 304 g/mol. The molecule has 22 heavy (non-hydrogen) atoms. The summed E-state index contributed by atoms with van der Waals surface area (Å²) in [5.41, 5.74) is 1.13. The molecule has 11 heteroatoms. The number of carbonyl (C=O) groups excluding carboxylic acids is 1. The number of fused-ring (bicyclic) bond motifs is 1. The maximum Gasteiger partial charge on any atom is 0.413 e. The molecule has 11 nitrogen and oxygen atoms in total. The monoisotopic (exact) mass is 304 g/mol. The summed E-state index contributed by atoms with van der Waals surface area (Å²) < 4.78 is 9.40. The van der Waals surface area contributed by atoms with Crippen molar-refractivity contribution in [3.63, 3.8) is 0 Å². The normalized spacial score (nSPS) is 10.6. The molecule has 0 unspecified atom stereocenters. The highest BCUT2D eigenvalue weighted by atomic mass is 16.5. The first-order chi connectivity index (χ1) is 10.7. The largest absolute Gasteiger partial charge is 0.453 e. The number of H-pyrrole nitrogens is 1. The Labute approximate surface area is 123 Å². The minimum atomic E-state index is -0.664. The van der Waals surface area contributed by atoms with Gasteiger partial charge in [-0.05, 0) is 0 Å². The molecule has 3 aromatic rings. The number of hydrogen-bond acceptors (Lipinski definition) is 9. The van der Waals surface area contributed by atoms with E-state index in [0.717, 1.165) is 0 Å². The first-order valence-corrected chi connectivity index (χ1v) is 6.25. The van der Waals surface area contributed by atoms with Crippen molar-refractivity contribution in [1.29, 1.82) is 0 Å². The third kappa shape index (κ3) is 2.77. The summed E-state index contributed by atoms with van der Waals surface area (Å²) in [5, 5.41) is 15.9. The molecule has 0 aliphatic heterocycles. The van der Waals surface area contributed by atoms with E-state index < -0.39 is 6.09 Å². The van der Waals surface area contributed by atoms with Gasteiger partial charge in [0.1, 0.15) is 11.0 Å². The van der Waals surface area contributed by atoms with E-state index in [1.54, 1.807) is 6.92 Å². The lowest BCUT2D eigenvalue weighted by molar-refractivity contribution is 0.186. The SMILES string of the molecule is COC(=O)Nc1nc(NCc2noc(C)n2)c2[nH]ncc2n1. The van der Waals surface area contributed by atoms with Gasteiger partial charge in [0.15, 0.2) is 11.6 Å². The zero-order valence-corrected chi connectivity index (χ0v) is 11.7. The molecule has 0 aliphatic rings. The Balaban J connectivity index is 1.86. The maximum absolute atomic E-state index is 11.3. The van der Waals surface area contributed by atoms with E-state index in [-0.39, 0.29) is 5.95 Å². The van der Waals surface area contributed by atoms with E-state index in [4.69, 9.17) is 4.52 Å². The zero-order chi connectivity index (χ0) is 15.5. The van der Waals surface area contributed by atoms with Crippen LogP contribution in [0.5, 0.6) is 0 Å². The predicted molar refractivity (Wildman–Crippen MR) is 74.1 cm³/mol. The van der Waals surface area contributed by atoms with Gasteiger partial charge in [-0.2, -0.15) is 15.1 Å². The van der Waals surface area contributed by atoms with Crippen LogP contribution in [0.4, 0.5) is 16.6 Å². The third-order valence-corrected chi connectivity index (χ3v) is 2.68. The molecule has 0 aromatic carbocycles. The van der Waals surface area contributed by atoms with E-state index in [9.17, 15) is 4.79 Å². The molecule has 0 atom stereocenters. The van der Waals surface area contributed by atoms with Crippen LogP contribution in [0.1, 0.15) is 11.7 Å². The Morgan fingerprint density at radius 3 is 3.00 bits per heavy atom. The highest BCUT2D eigenvalue weighted by Crippen LogP contribution is 2.19. The van der Waals surface area contributed by atoms with Crippen molar-refractivity contribution in [1.82, 2.24) is 30.3 Å². The first kappa shape index (κ1) is 13.7. The number of carbonyl (C=O) groups is 1. The topological polar surface area (TPSA) is 144 Å². The third-order valence-electron chi connectivity index (χ3n) is 2.68. The molecule has 3 N–H and O–H groups in total. The standard InChI is InChI=1S/C11H12N8O3/c1-5-14-7(19-22-5)4-12-9-8-6(3-13-18-8)15-10(16-9)17-11(20)21-2/h3H,4H2,1-2H3,(H,13,18)(H2,12,15,16,17,20). The minimum absolute atomic E-state index is 0.0903. The van der Waals surface area contributed by atoms with Crippen LogP contribution < -0.4 is 10.6 Å². The van der Waals surface area contributed by atoms with Gasteiger partial charge in [0.05, 0.1) is 19.9 Å². The Morgan fingerprint density at radius 1 is 1.41 bits per heavy atom. The van der Waals surface area contributed by atoms with Crippen molar-refractivity contribution in [2.24, 2.45) is 0 Å². The maximum atomic E-state index is 11.3. The Bertz CT molecular complexity index is 811. The van der Waals surface area contributed by atoms with Crippen molar-refractivity contribution < 1.29 is 14.1 Å². The van der Waals surface area contributed by atoms with Gasteiger partial charge >= 0.3 is 6.09 Å². The van der Waals surface area contributed by atoms with Crippen LogP contribution in [0.25, 0.3) is 11.0 Å². The fraction of sp³-hybridized carbons (Fsp3) is 0.273. The molecule has 0 spiro atoms. The highest BCUT2D eigenvalue weighted by Gasteiger charge is 2.12. The smallest absolute Gasteiger partial charge is 0.413 e. The quantitative estimate of drug-likeness (QED) is 0.638. The van der Waals surface area contributed by atoms with Gasteiger partial charge < -0.3 is 14.6 Å². The molecule has 0 bridgehead atoms. The van der Waals surface area contributed by atoms with Crippen LogP contribution >= 0.6 is 0 Å². The molecule has 0 saturated carbocycles. The second-order valence-corrected chi connectivity index (χ2v) is 4.23. The van der Waals surface area contributed by atoms with Gasteiger partial charge in [-0.25, -0.2) is 9.78 Å². The lowest BCUT2D eigenvalue weighted by Crippen LogP contribution is -2.14. The number of ether oxygens (including phenoxy) is 1. The number of rotatable bonds is 4. The van der Waals surface area contributed by atoms with Gasteiger partial charge in [0, 0.05) is 6.92 Å².